The van der Waals surface area contributed by atoms with E-state index in [1.165, 1.54) is 15.6 Å². The predicted octanol–water partition coefficient (Wildman–Crippen LogP) is 3.19. The third-order valence-corrected chi connectivity index (χ3v) is 6.38. The van der Waals surface area contributed by atoms with Crippen molar-refractivity contribution in [3.05, 3.63) is 52.6 Å². The van der Waals surface area contributed by atoms with Gasteiger partial charge in [0.2, 0.25) is 0 Å². The lowest BCUT2D eigenvalue weighted by Gasteiger charge is -2.18. The molecule has 0 unspecified atom stereocenters. The Balaban J connectivity index is 2.27. The summed E-state index contributed by atoms with van der Waals surface area (Å²) in [5.41, 5.74) is 0. The molecule has 0 saturated carbocycles. The minimum atomic E-state index is -3.41. The predicted molar refractivity (Wildman–Crippen MR) is 76.4 cm³/mol. The number of sulfonamides is 1. The van der Waals surface area contributed by atoms with E-state index in [-0.39, 0.29) is 0 Å². The molecular weight excluding hydrogens is 286 g/mol. The van der Waals surface area contributed by atoms with Crippen LogP contribution in [0, 0.1) is 0 Å². The SMILES string of the molecule is C=CCN(Cc1cccs1)S(=O)(=O)c1cccs1. The first-order chi connectivity index (χ1) is 8.64. The molecule has 0 amide bonds. The molecule has 0 bridgehead atoms. The Morgan fingerprint density at radius 2 is 1.94 bits per heavy atom. The van der Waals surface area contributed by atoms with Crippen LogP contribution in [0.4, 0.5) is 0 Å². The van der Waals surface area contributed by atoms with E-state index >= 15 is 0 Å². The molecular formula is C12H13NO2S3. The Bertz CT molecular complexity index is 585. The summed E-state index contributed by atoms with van der Waals surface area (Å²) in [5.74, 6) is 0. The Kier molecular flexibility index (Phi) is 4.34. The molecule has 18 heavy (non-hydrogen) atoms. The van der Waals surface area contributed by atoms with Crippen molar-refractivity contribution in [3.63, 3.8) is 0 Å². The van der Waals surface area contributed by atoms with E-state index in [1.807, 2.05) is 17.5 Å². The van der Waals surface area contributed by atoms with Crippen molar-refractivity contribution < 1.29 is 8.42 Å². The maximum atomic E-state index is 12.4. The largest absolute Gasteiger partial charge is 0.253 e. The average Bonchev–Trinajstić information content (AvgIpc) is 3.01. The highest BCUT2D eigenvalue weighted by Crippen LogP contribution is 2.23. The van der Waals surface area contributed by atoms with E-state index in [1.54, 1.807) is 34.9 Å². The molecule has 2 aromatic heterocycles. The molecule has 0 atom stereocenters. The molecule has 6 heteroatoms. The van der Waals surface area contributed by atoms with Crippen molar-refractivity contribution in [1.82, 2.24) is 4.31 Å². The molecule has 0 aliphatic rings. The van der Waals surface area contributed by atoms with Crippen LogP contribution in [0.1, 0.15) is 4.88 Å². The average molecular weight is 299 g/mol. The van der Waals surface area contributed by atoms with E-state index in [4.69, 9.17) is 0 Å². The van der Waals surface area contributed by atoms with Crippen molar-refractivity contribution in [3.8, 4) is 0 Å². The van der Waals surface area contributed by atoms with Crippen molar-refractivity contribution in [2.75, 3.05) is 6.54 Å². The van der Waals surface area contributed by atoms with E-state index in [0.717, 1.165) is 4.88 Å². The fraction of sp³-hybridized carbons (Fsp3) is 0.167. The number of hydrogen-bond donors (Lipinski definition) is 0. The molecule has 0 aliphatic carbocycles. The number of hydrogen-bond acceptors (Lipinski definition) is 4. The van der Waals surface area contributed by atoms with Crippen LogP contribution in [0.5, 0.6) is 0 Å². The zero-order chi connectivity index (χ0) is 13.0. The molecule has 0 aromatic carbocycles. The van der Waals surface area contributed by atoms with Gasteiger partial charge in [-0.05, 0) is 22.9 Å². The van der Waals surface area contributed by atoms with Crippen LogP contribution >= 0.6 is 22.7 Å². The van der Waals surface area contributed by atoms with Gasteiger partial charge in [0, 0.05) is 18.0 Å². The molecule has 0 saturated heterocycles. The maximum absolute atomic E-state index is 12.4. The van der Waals surface area contributed by atoms with Crippen molar-refractivity contribution >= 4 is 32.7 Å². The third-order valence-electron chi connectivity index (χ3n) is 2.33. The van der Waals surface area contributed by atoms with E-state index in [0.29, 0.717) is 17.3 Å². The van der Waals surface area contributed by atoms with Gasteiger partial charge < -0.3 is 0 Å². The highest BCUT2D eigenvalue weighted by atomic mass is 32.2. The summed E-state index contributed by atoms with van der Waals surface area (Å²) in [6.45, 7) is 4.34. The number of rotatable bonds is 6. The van der Waals surface area contributed by atoms with E-state index < -0.39 is 10.0 Å². The second kappa shape index (κ2) is 5.79. The summed E-state index contributed by atoms with van der Waals surface area (Å²) >= 11 is 2.79. The van der Waals surface area contributed by atoms with Crippen molar-refractivity contribution in [2.24, 2.45) is 0 Å². The minimum Gasteiger partial charge on any atom is -0.206 e. The summed E-state index contributed by atoms with van der Waals surface area (Å²) in [7, 11) is -3.41. The van der Waals surface area contributed by atoms with E-state index in [9.17, 15) is 8.42 Å². The second-order valence-corrected chi connectivity index (χ2v) is 7.74. The molecule has 0 radical (unpaired) electrons. The lowest BCUT2D eigenvalue weighted by molar-refractivity contribution is 0.443. The Morgan fingerprint density at radius 1 is 1.22 bits per heavy atom. The van der Waals surface area contributed by atoms with Crippen LogP contribution < -0.4 is 0 Å². The summed E-state index contributed by atoms with van der Waals surface area (Å²) in [5, 5.41) is 3.71. The maximum Gasteiger partial charge on any atom is 0.253 e. The van der Waals surface area contributed by atoms with Crippen LogP contribution in [0.25, 0.3) is 0 Å². The molecule has 2 aromatic rings. The monoisotopic (exact) mass is 299 g/mol. The van der Waals surface area contributed by atoms with Crippen LogP contribution in [-0.2, 0) is 16.6 Å². The van der Waals surface area contributed by atoms with Crippen molar-refractivity contribution in [1.29, 1.82) is 0 Å². The number of nitrogens with zero attached hydrogens (tertiary/aromatic N) is 1. The molecule has 0 N–H and O–H groups in total. The van der Waals surface area contributed by atoms with Gasteiger partial charge in [-0.2, -0.15) is 4.31 Å². The van der Waals surface area contributed by atoms with Gasteiger partial charge in [0.25, 0.3) is 10.0 Å². The standard InChI is InChI=1S/C12H13NO2S3/c1-2-7-13(10-11-5-3-8-16-11)18(14,15)12-6-4-9-17-12/h2-6,8-9H,1,7,10H2. The first-order valence-corrected chi connectivity index (χ1v) is 8.51. The zero-order valence-corrected chi connectivity index (χ0v) is 12.1. The Hall–Kier alpha value is -0.950. The minimum absolute atomic E-state index is 0.318. The van der Waals surface area contributed by atoms with Crippen LogP contribution in [0.3, 0.4) is 0 Å². The van der Waals surface area contributed by atoms with Gasteiger partial charge >= 0.3 is 0 Å². The zero-order valence-electron chi connectivity index (χ0n) is 9.65. The highest BCUT2D eigenvalue weighted by molar-refractivity contribution is 7.91. The van der Waals surface area contributed by atoms with Crippen LogP contribution in [-0.4, -0.2) is 19.3 Å². The molecule has 0 spiro atoms. The van der Waals surface area contributed by atoms with Gasteiger partial charge in [-0.25, -0.2) is 8.42 Å². The van der Waals surface area contributed by atoms with Gasteiger partial charge in [0.1, 0.15) is 4.21 Å². The number of thiophene rings is 2. The molecule has 3 nitrogen and oxygen atoms in total. The topological polar surface area (TPSA) is 37.4 Å². The van der Waals surface area contributed by atoms with Gasteiger partial charge in [-0.15, -0.1) is 29.3 Å². The smallest absolute Gasteiger partial charge is 0.206 e. The third kappa shape index (κ3) is 2.89. The molecule has 2 heterocycles. The molecule has 0 fully saturated rings. The van der Waals surface area contributed by atoms with Crippen LogP contribution in [0.15, 0.2) is 51.9 Å². The van der Waals surface area contributed by atoms with E-state index in [2.05, 4.69) is 6.58 Å². The van der Waals surface area contributed by atoms with Crippen molar-refractivity contribution in [2.45, 2.75) is 10.8 Å². The first-order valence-electron chi connectivity index (χ1n) is 5.31. The van der Waals surface area contributed by atoms with Gasteiger partial charge in [0.05, 0.1) is 0 Å². The summed E-state index contributed by atoms with van der Waals surface area (Å²) in [4.78, 5) is 1.02. The van der Waals surface area contributed by atoms with Gasteiger partial charge in [-0.3, -0.25) is 0 Å². The lowest BCUT2D eigenvalue weighted by atomic mass is 10.4. The van der Waals surface area contributed by atoms with Gasteiger partial charge in [0.15, 0.2) is 0 Å². The molecule has 2 rings (SSSR count). The fourth-order valence-corrected chi connectivity index (χ4v) is 4.84. The molecule has 96 valence electrons. The normalized spacial score (nSPS) is 11.8. The molecule has 0 aliphatic heterocycles. The second-order valence-electron chi connectivity index (χ2n) is 3.60. The summed E-state index contributed by atoms with van der Waals surface area (Å²) in [6, 6.07) is 7.23. The van der Waals surface area contributed by atoms with Gasteiger partial charge in [-0.1, -0.05) is 18.2 Å². The Labute approximate surface area is 115 Å². The lowest BCUT2D eigenvalue weighted by Crippen LogP contribution is -2.29. The summed E-state index contributed by atoms with van der Waals surface area (Å²) in [6.07, 6.45) is 1.61. The van der Waals surface area contributed by atoms with Crippen LogP contribution in [0.2, 0.25) is 0 Å². The quantitative estimate of drug-likeness (QED) is 0.768. The Morgan fingerprint density at radius 3 is 2.50 bits per heavy atom. The first kappa shape index (κ1) is 13.5. The fourth-order valence-electron chi connectivity index (χ4n) is 1.51. The highest BCUT2D eigenvalue weighted by Gasteiger charge is 2.24. The summed E-state index contributed by atoms with van der Waals surface area (Å²) < 4.78 is 26.6.